The van der Waals surface area contributed by atoms with E-state index < -0.39 is 6.09 Å². The van der Waals surface area contributed by atoms with Crippen molar-refractivity contribution in [2.24, 2.45) is 5.92 Å². The van der Waals surface area contributed by atoms with Gasteiger partial charge in [0.15, 0.2) is 0 Å². The van der Waals surface area contributed by atoms with Gasteiger partial charge in [0.1, 0.15) is 0 Å². The normalized spacial score (nSPS) is 23.9. The SMILES string of the molecule is CC(=Cc1ccccc1)C1C[C@@H]1NC(=O)O. The molecule has 1 aromatic rings. The predicted molar refractivity (Wildman–Crippen MR) is 63.1 cm³/mol. The van der Waals surface area contributed by atoms with Crippen molar-refractivity contribution in [3.63, 3.8) is 0 Å². The Morgan fingerprint density at radius 3 is 2.75 bits per heavy atom. The largest absolute Gasteiger partial charge is 0.465 e. The van der Waals surface area contributed by atoms with Crippen LogP contribution in [0.15, 0.2) is 35.9 Å². The number of hydrogen-bond donors (Lipinski definition) is 2. The van der Waals surface area contributed by atoms with Crippen LogP contribution < -0.4 is 5.32 Å². The third-order valence-corrected chi connectivity index (χ3v) is 2.88. The minimum atomic E-state index is -0.931. The van der Waals surface area contributed by atoms with E-state index >= 15 is 0 Å². The minimum Gasteiger partial charge on any atom is -0.465 e. The fourth-order valence-corrected chi connectivity index (χ4v) is 1.94. The number of carbonyl (C=O) groups is 1. The molecule has 1 aliphatic rings. The molecule has 1 unspecified atom stereocenters. The van der Waals surface area contributed by atoms with Gasteiger partial charge in [0.25, 0.3) is 0 Å². The third-order valence-electron chi connectivity index (χ3n) is 2.88. The molecule has 16 heavy (non-hydrogen) atoms. The quantitative estimate of drug-likeness (QED) is 0.817. The van der Waals surface area contributed by atoms with E-state index in [9.17, 15) is 4.79 Å². The van der Waals surface area contributed by atoms with Crippen molar-refractivity contribution < 1.29 is 9.90 Å². The van der Waals surface area contributed by atoms with Gasteiger partial charge in [-0.3, -0.25) is 0 Å². The molecule has 3 nitrogen and oxygen atoms in total. The van der Waals surface area contributed by atoms with Crippen molar-refractivity contribution in [1.29, 1.82) is 0 Å². The fraction of sp³-hybridized carbons (Fsp3) is 0.308. The number of amides is 1. The van der Waals surface area contributed by atoms with E-state index in [2.05, 4.69) is 18.3 Å². The van der Waals surface area contributed by atoms with Crippen LogP contribution in [0.5, 0.6) is 0 Å². The molecule has 1 aliphatic carbocycles. The van der Waals surface area contributed by atoms with Crippen LogP contribution in [0.3, 0.4) is 0 Å². The van der Waals surface area contributed by atoms with Gasteiger partial charge >= 0.3 is 6.09 Å². The second-order valence-electron chi connectivity index (χ2n) is 4.20. The average Bonchev–Trinajstić information content (AvgIpc) is 2.97. The van der Waals surface area contributed by atoms with Crippen LogP contribution in [-0.4, -0.2) is 17.2 Å². The zero-order valence-corrected chi connectivity index (χ0v) is 9.18. The predicted octanol–water partition coefficient (Wildman–Crippen LogP) is 2.75. The maximum Gasteiger partial charge on any atom is 0.404 e. The Kier molecular flexibility index (Phi) is 2.95. The second-order valence-corrected chi connectivity index (χ2v) is 4.20. The summed E-state index contributed by atoms with van der Waals surface area (Å²) in [6, 6.07) is 10.2. The van der Waals surface area contributed by atoms with Crippen molar-refractivity contribution in [1.82, 2.24) is 5.32 Å². The molecule has 0 spiro atoms. The van der Waals surface area contributed by atoms with Gasteiger partial charge < -0.3 is 10.4 Å². The second kappa shape index (κ2) is 4.39. The van der Waals surface area contributed by atoms with E-state index in [0.717, 1.165) is 6.42 Å². The minimum absolute atomic E-state index is 0.109. The van der Waals surface area contributed by atoms with Crippen LogP contribution in [-0.2, 0) is 0 Å². The number of carboxylic acid groups (broad SMARTS) is 1. The Morgan fingerprint density at radius 2 is 2.12 bits per heavy atom. The number of hydrogen-bond acceptors (Lipinski definition) is 1. The highest BCUT2D eigenvalue weighted by Crippen LogP contribution is 2.37. The van der Waals surface area contributed by atoms with Crippen LogP contribution in [0.1, 0.15) is 18.9 Å². The summed E-state index contributed by atoms with van der Waals surface area (Å²) in [7, 11) is 0. The molecular weight excluding hydrogens is 202 g/mol. The molecule has 0 radical (unpaired) electrons. The Bertz CT molecular complexity index is 411. The maximum absolute atomic E-state index is 10.4. The van der Waals surface area contributed by atoms with E-state index in [1.54, 1.807) is 0 Å². The number of nitrogens with one attached hydrogen (secondary N) is 1. The lowest BCUT2D eigenvalue weighted by Gasteiger charge is -2.01. The summed E-state index contributed by atoms with van der Waals surface area (Å²) in [6.07, 6.45) is 2.11. The first-order valence-corrected chi connectivity index (χ1v) is 5.39. The van der Waals surface area contributed by atoms with Crippen LogP contribution in [0.25, 0.3) is 6.08 Å². The van der Waals surface area contributed by atoms with Crippen molar-refractivity contribution >= 4 is 12.2 Å². The van der Waals surface area contributed by atoms with Gasteiger partial charge in [-0.1, -0.05) is 42.0 Å². The summed E-state index contributed by atoms with van der Waals surface area (Å²) >= 11 is 0. The van der Waals surface area contributed by atoms with Gasteiger partial charge in [0, 0.05) is 12.0 Å². The van der Waals surface area contributed by atoms with Gasteiger partial charge in [-0.05, 0) is 18.9 Å². The smallest absolute Gasteiger partial charge is 0.404 e. The average molecular weight is 217 g/mol. The Morgan fingerprint density at radius 1 is 1.44 bits per heavy atom. The first kappa shape index (κ1) is 10.7. The van der Waals surface area contributed by atoms with Crippen LogP contribution in [0, 0.1) is 5.92 Å². The molecule has 1 fully saturated rings. The molecule has 1 aromatic carbocycles. The zero-order valence-electron chi connectivity index (χ0n) is 9.18. The summed E-state index contributed by atoms with van der Waals surface area (Å²) in [5, 5.41) is 11.1. The van der Waals surface area contributed by atoms with Crippen LogP contribution >= 0.6 is 0 Å². The standard InChI is InChI=1S/C13H15NO2/c1-9(7-10-5-3-2-4-6-10)11-8-12(11)14-13(15)16/h2-7,11-12,14H,8H2,1H3,(H,15,16)/t11?,12-/m0/s1. The molecule has 2 N–H and O–H groups in total. The lowest BCUT2D eigenvalue weighted by Crippen LogP contribution is -2.24. The molecular formula is C13H15NO2. The fourth-order valence-electron chi connectivity index (χ4n) is 1.94. The molecule has 2 rings (SSSR count). The summed E-state index contributed by atoms with van der Waals surface area (Å²) < 4.78 is 0. The molecule has 1 amide bonds. The maximum atomic E-state index is 10.4. The summed E-state index contributed by atoms with van der Waals surface area (Å²) in [5.74, 6) is 0.372. The molecule has 0 heterocycles. The zero-order chi connectivity index (χ0) is 11.5. The Hall–Kier alpha value is -1.77. The van der Waals surface area contributed by atoms with Crippen molar-refractivity contribution in [2.75, 3.05) is 0 Å². The summed E-state index contributed by atoms with van der Waals surface area (Å²) in [5.41, 5.74) is 2.41. The molecule has 1 saturated carbocycles. The highest BCUT2D eigenvalue weighted by atomic mass is 16.4. The van der Waals surface area contributed by atoms with Crippen LogP contribution in [0.4, 0.5) is 4.79 Å². The van der Waals surface area contributed by atoms with Gasteiger partial charge in [-0.25, -0.2) is 4.79 Å². The van der Waals surface area contributed by atoms with Gasteiger partial charge in [-0.2, -0.15) is 0 Å². The van der Waals surface area contributed by atoms with Gasteiger partial charge in [0.2, 0.25) is 0 Å². The summed E-state index contributed by atoms with van der Waals surface area (Å²) in [4.78, 5) is 10.4. The lowest BCUT2D eigenvalue weighted by molar-refractivity contribution is 0.193. The molecule has 0 aliphatic heterocycles. The number of benzene rings is 1. The third kappa shape index (κ3) is 2.63. The van der Waals surface area contributed by atoms with Crippen molar-refractivity contribution in [3.8, 4) is 0 Å². The van der Waals surface area contributed by atoms with E-state index in [1.807, 2.05) is 30.3 Å². The monoisotopic (exact) mass is 217 g/mol. The Labute approximate surface area is 94.8 Å². The van der Waals surface area contributed by atoms with Gasteiger partial charge in [-0.15, -0.1) is 0 Å². The van der Waals surface area contributed by atoms with E-state index in [4.69, 9.17) is 5.11 Å². The van der Waals surface area contributed by atoms with Crippen molar-refractivity contribution in [2.45, 2.75) is 19.4 Å². The molecule has 0 bridgehead atoms. The topological polar surface area (TPSA) is 49.3 Å². The Balaban J connectivity index is 1.97. The van der Waals surface area contributed by atoms with Crippen LogP contribution in [0.2, 0.25) is 0 Å². The highest BCUT2D eigenvalue weighted by molar-refractivity contribution is 5.66. The molecule has 3 heteroatoms. The first-order chi connectivity index (χ1) is 7.66. The molecule has 84 valence electrons. The van der Waals surface area contributed by atoms with Gasteiger partial charge in [0.05, 0.1) is 0 Å². The van der Waals surface area contributed by atoms with Crippen molar-refractivity contribution in [3.05, 3.63) is 41.5 Å². The number of rotatable bonds is 3. The van der Waals surface area contributed by atoms with E-state index in [1.165, 1.54) is 11.1 Å². The molecule has 0 aromatic heterocycles. The van der Waals surface area contributed by atoms with E-state index in [-0.39, 0.29) is 6.04 Å². The molecule has 2 atom stereocenters. The first-order valence-electron chi connectivity index (χ1n) is 5.39. The molecule has 0 saturated heterocycles. The summed E-state index contributed by atoms with van der Waals surface area (Å²) in [6.45, 7) is 2.06. The lowest BCUT2D eigenvalue weighted by atomic mass is 10.1. The highest BCUT2D eigenvalue weighted by Gasteiger charge is 2.39. The van der Waals surface area contributed by atoms with E-state index in [0.29, 0.717) is 5.92 Å².